The van der Waals surface area contributed by atoms with Gasteiger partial charge in [0.25, 0.3) is 5.91 Å². The lowest BCUT2D eigenvalue weighted by molar-refractivity contribution is -0.137. The Kier molecular flexibility index (Phi) is 6.65. The molecule has 0 fully saturated rings. The number of amides is 1. The zero-order valence-corrected chi connectivity index (χ0v) is 16.8. The molecule has 1 amide bonds. The Labute approximate surface area is 173 Å². The molecule has 0 aliphatic heterocycles. The molecule has 1 heterocycles. The van der Waals surface area contributed by atoms with Crippen LogP contribution in [0.15, 0.2) is 64.0 Å². The van der Waals surface area contributed by atoms with Gasteiger partial charge in [0.1, 0.15) is 5.01 Å². The van der Waals surface area contributed by atoms with Crippen LogP contribution in [-0.2, 0) is 11.0 Å². The van der Waals surface area contributed by atoms with Gasteiger partial charge < -0.3 is 0 Å². The molecule has 0 radical (unpaired) electrons. The Balaban J connectivity index is 1.86. The van der Waals surface area contributed by atoms with E-state index < -0.39 is 17.6 Å². The quantitative estimate of drug-likeness (QED) is 0.309. The van der Waals surface area contributed by atoms with Crippen molar-refractivity contribution in [3.63, 3.8) is 0 Å². The lowest BCUT2D eigenvalue weighted by Crippen LogP contribution is -2.27. The minimum Gasteiger partial charge on any atom is -0.272 e. The number of alkyl halides is 3. The molecule has 5 nitrogen and oxygen atoms in total. The number of rotatable bonds is 6. The fourth-order valence-electron chi connectivity index (χ4n) is 2.27. The Bertz CT molecular complexity index is 1010. The molecule has 0 N–H and O–H groups in total. The maximum Gasteiger partial charge on any atom is 0.416 e. The average molecular weight is 436 g/mol. The predicted octanol–water partition coefficient (Wildman–Crippen LogP) is 5.02. The third-order valence-corrected chi connectivity index (χ3v) is 5.56. The molecule has 0 saturated heterocycles. The van der Waals surface area contributed by atoms with Crippen LogP contribution < -0.4 is 5.01 Å². The largest absolute Gasteiger partial charge is 0.416 e. The van der Waals surface area contributed by atoms with Crippen LogP contribution >= 0.6 is 23.1 Å². The second-order valence-corrected chi connectivity index (χ2v) is 8.19. The molecule has 0 unspecified atom stereocenters. The number of anilines is 1. The third kappa shape index (κ3) is 5.88. The number of hydrazone groups is 1. The van der Waals surface area contributed by atoms with Gasteiger partial charge in [-0.15, -0.1) is 10.2 Å². The van der Waals surface area contributed by atoms with Crippen LogP contribution in [0.4, 0.5) is 18.9 Å². The Hall–Kier alpha value is -2.72. The maximum absolute atomic E-state index is 13.1. The smallest absolute Gasteiger partial charge is 0.272 e. The first-order valence-corrected chi connectivity index (χ1v) is 10.2. The molecule has 1 aromatic heterocycles. The van der Waals surface area contributed by atoms with Gasteiger partial charge in [-0.1, -0.05) is 59.5 Å². The van der Waals surface area contributed by atoms with E-state index >= 15 is 0 Å². The van der Waals surface area contributed by atoms with E-state index in [9.17, 15) is 18.0 Å². The number of thioether (sulfide) groups is 1. The van der Waals surface area contributed by atoms with Gasteiger partial charge in [-0.05, 0) is 30.7 Å². The number of carbonyl (C=O) groups excluding carboxylic acids is 1. The fraction of sp³-hybridized carbons (Fsp3) is 0.158. The van der Waals surface area contributed by atoms with Gasteiger partial charge in [-0.2, -0.15) is 18.3 Å². The summed E-state index contributed by atoms with van der Waals surface area (Å²) in [4.78, 5) is 12.8. The summed E-state index contributed by atoms with van der Waals surface area (Å²) < 4.78 is 39.9. The standard InChI is InChI=1S/C19H15F3N4OS2/c1-13-24-25-18(29-13)28-12-17(27)26(23-11-14-6-3-2-4-7-14)16-9-5-8-15(10-16)19(20,21)22/h2-11H,12H2,1H3. The van der Waals surface area contributed by atoms with Crippen LogP contribution in [0.1, 0.15) is 16.1 Å². The molecule has 0 aliphatic carbocycles. The van der Waals surface area contributed by atoms with Gasteiger partial charge >= 0.3 is 6.18 Å². The zero-order chi connectivity index (χ0) is 20.9. The van der Waals surface area contributed by atoms with Crippen molar-refractivity contribution in [2.24, 2.45) is 5.10 Å². The normalized spacial score (nSPS) is 11.7. The molecule has 2 aromatic carbocycles. The highest BCUT2D eigenvalue weighted by molar-refractivity contribution is 8.01. The second-order valence-electron chi connectivity index (χ2n) is 5.78. The van der Waals surface area contributed by atoms with E-state index in [-0.39, 0.29) is 11.4 Å². The van der Waals surface area contributed by atoms with Crippen LogP contribution in [0.2, 0.25) is 0 Å². The van der Waals surface area contributed by atoms with Crippen LogP contribution in [0.5, 0.6) is 0 Å². The maximum atomic E-state index is 13.1. The molecule has 3 aromatic rings. The first-order valence-electron chi connectivity index (χ1n) is 8.35. The van der Waals surface area contributed by atoms with Crippen molar-refractivity contribution in [1.29, 1.82) is 0 Å². The van der Waals surface area contributed by atoms with Crippen molar-refractivity contribution in [3.05, 3.63) is 70.7 Å². The number of carbonyl (C=O) groups is 1. The third-order valence-electron chi connectivity index (χ3n) is 3.60. The number of nitrogens with zero attached hydrogens (tertiary/aromatic N) is 4. The molecule has 0 spiro atoms. The van der Waals surface area contributed by atoms with Crippen molar-refractivity contribution in [1.82, 2.24) is 10.2 Å². The SMILES string of the molecule is Cc1nnc(SCC(=O)N(N=Cc2ccccc2)c2cccc(C(F)(F)F)c2)s1. The molecule has 150 valence electrons. The number of aryl methyl sites for hydroxylation is 1. The summed E-state index contributed by atoms with van der Waals surface area (Å²) in [5, 5.41) is 13.7. The van der Waals surface area contributed by atoms with Crippen LogP contribution in [-0.4, -0.2) is 28.1 Å². The van der Waals surface area contributed by atoms with Crippen molar-refractivity contribution < 1.29 is 18.0 Å². The van der Waals surface area contributed by atoms with Gasteiger partial charge in [0.05, 0.1) is 23.2 Å². The fourth-order valence-corrected chi connectivity index (χ4v) is 3.93. The lowest BCUT2D eigenvalue weighted by Gasteiger charge is -2.18. The van der Waals surface area contributed by atoms with E-state index in [0.29, 0.717) is 9.90 Å². The van der Waals surface area contributed by atoms with E-state index in [1.54, 1.807) is 31.2 Å². The van der Waals surface area contributed by atoms with E-state index in [2.05, 4.69) is 15.3 Å². The molecule has 0 saturated carbocycles. The number of benzene rings is 2. The van der Waals surface area contributed by atoms with Crippen molar-refractivity contribution in [3.8, 4) is 0 Å². The lowest BCUT2D eigenvalue weighted by atomic mass is 10.2. The number of halogens is 3. The van der Waals surface area contributed by atoms with Crippen LogP contribution in [0.3, 0.4) is 0 Å². The average Bonchev–Trinajstić information content (AvgIpc) is 3.12. The Morgan fingerprint density at radius 2 is 1.93 bits per heavy atom. The highest BCUT2D eigenvalue weighted by Gasteiger charge is 2.31. The summed E-state index contributed by atoms with van der Waals surface area (Å²) in [6, 6.07) is 13.5. The highest BCUT2D eigenvalue weighted by atomic mass is 32.2. The summed E-state index contributed by atoms with van der Waals surface area (Å²) in [6.45, 7) is 1.79. The Morgan fingerprint density at radius 3 is 2.59 bits per heavy atom. The predicted molar refractivity (Wildman–Crippen MR) is 108 cm³/mol. The van der Waals surface area contributed by atoms with Crippen LogP contribution in [0, 0.1) is 6.92 Å². The minimum atomic E-state index is -4.52. The van der Waals surface area contributed by atoms with Gasteiger partial charge in [0.2, 0.25) is 0 Å². The van der Waals surface area contributed by atoms with Crippen LogP contribution in [0.25, 0.3) is 0 Å². The van der Waals surface area contributed by atoms with Gasteiger partial charge in [0.15, 0.2) is 4.34 Å². The zero-order valence-electron chi connectivity index (χ0n) is 15.1. The molecule has 0 aliphatic rings. The number of hydrogen-bond donors (Lipinski definition) is 0. The van der Waals surface area contributed by atoms with Gasteiger partial charge in [-0.25, -0.2) is 5.01 Å². The number of hydrogen-bond acceptors (Lipinski definition) is 6. The molecule has 29 heavy (non-hydrogen) atoms. The topological polar surface area (TPSA) is 58.5 Å². The summed E-state index contributed by atoms with van der Waals surface area (Å²) in [5.74, 6) is -0.522. The van der Waals surface area contributed by atoms with Crippen molar-refractivity contribution >= 4 is 40.9 Å². The van der Waals surface area contributed by atoms with E-state index in [4.69, 9.17) is 0 Å². The first-order chi connectivity index (χ1) is 13.8. The van der Waals surface area contributed by atoms with E-state index in [1.165, 1.54) is 29.7 Å². The molecule has 3 rings (SSSR count). The molecule has 0 bridgehead atoms. The monoisotopic (exact) mass is 436 g/mol. The van der Waals surface area contributed by atoms with Gasteiger partial charge in [-0.3, -0.25) is 4.79 Å². The number of aromatic nitrogens is 2. The summed E-state index contributed by atoms with van der Waals surface area (Å²) in [7, 11) is 0. The second kappa shape index (κ2) is 9.19. The molecular formula is C19H15F3N4OS2. The Morgan fingerprint density at radius 1 is 1.17 bits per heavy atom. The summed E-state index contributed by atoms with van der Waals surface area (Å²) >= 11 is 2.50. The molecular weight excluding hydrogens is 421 g/mol. The minimum absolute atomic E-state index is 0.0334. The molecule has 10 heteroatoms. The first kappa shape index (κ1) is 21.0. The van der Waals surface area contributed by atoms with Crippen molar-refractivity contribution in [2.45, 2.75) is 17.4 Å². The van der Waals surface area contributed by atoms with E-state index in [1.807, 2.05) is 6.07 Å². The van der Waals surface area contributed by atoms with Crippen molar-refractivity contribution in [2.75, 3.05) is 10.8 Å². The summed E-state index contributed by atoms with van der Waals surface area (Å²) in [6.07, 6.45) is -3.09. The summed E-state index contributed by atoms with van der Waals surface area (Å²) in [5.41, 5.74) is -0.106. The van der Waals surface area contributed by atoms with E-state index in [0.717, 1.165) is 33.9 Å². The van der Waals surface area contributed by atoms with Gasteiger partial charge in [0, 0.05) is 0 Å². The molecule has 0 atom stereocenters. The highest BCUT2D eigenvalue weighted by Crippen LogP contribution is 2.32.